The largest absolute Gasteiger partial charge is 0.489 e. The number of halogens is 2. The Bertz CT molecular complexity index is 245. The zero-order chi connectivity index (χ0) is 8.81. The van der Waals surface area contributed by atoms with Crippen molar-refractivity contribution in [2.24, 2.45) is 0 Å². The summed E-state index contributed by atoms with van der Waals surface area (Å²) in [6.45, 7) is 1.20. The van der Waals surface area contributed by atoms with Crippen molar-refractivity contribution >= 4 is 12.4 Å². The first-order valence-corrected chi connectivity index (χ1v) is 3.86. The van der Waals surface area contributed by atoms with Gasteiger partial charge in [0.2, 0.25) is 0 Å². The van der Waals surface area contributed by atoms with Crippen molar-refractivity contribution in [2.45, 2.75) is 0 Å². The predicted octanol–water partition coefficient (Wildman–Crippen LogP) is 1.85. The summed E-state index contributed by atoms with van der Waals surface area (Å²) in [7, 11) is 1.82. The molecule has 13 heavy (non-hydrogen) atoms. The van der Waals surface area contributed by atoms with Gasteiger partial charge in [0.1, 0.15) is 6.61 Å². The molecule has 0 fully saturated rings. The van der Waals surface area contributed by atoms with E-state index in [1.807, 2.05) is 7.05 Å². The van der Waals surface area contributed by atoms with Crippen LogP contribution in [0.15, 0.2) is 24.3 Å². The van der Waals surface area contributed by atoms with Gasteiger partial charge in [-0.2, -0.15) is 0 Å². The fraction of sp³-hybridized carbons (Fsp3) is 0.333. The molecule has 2 nitrogen and oxygen atoms in total. The third-order valence-corrected chi connectivity index (χ3v) is 1.45. The summed E-state index contributed by atoms with van der Waals surface area (Å²) >= 11 is 0. The van der Waals surface area contributed by atoms with Gasteiger partial charge in [0.15, 0.2) is 11.6 Å². The molecule has 0 amide bonds. The summed E-state index contributed by atoms with van der Waals surface area (Å²) in [5, 5.41) is 2.91. The monoisotopic (exact) mass is 205 g/mol. The maximum atomic E-state index is 12.9. The quantitative estimate of drug-likeness (QED) is 0.758. The predicted molar refractivity (Wildman–Crippen MR) is 53.1 cm³/mol. The minimum Gasteiger partial charge on any atom is -0.489 e. The van der Waals surface area contributed by atoms with E-state index in [9.17, 15) is 4.39 Å². The number of nitrogens with one attached hydrogen (secondary N) is 1. The molecule has 1 N–H and O–H groups in total. The SMILES string of the molecule is CNCCOc1ccccc1F.Cl. The highest BCUT2D eigenvalue weighted by atomic mass is 35.5. The normalized spacial score (nSPS) is 9.08. The Morgan fingerprint density at radius 2 is 2.08 bits per heavy atom. The molecule has 1 aromatic rings. The molecule has 4 heteroatoms. The maximum Gasteiger partial charge on any atom is 0.165 e. The molecule has 0 aliphatic rings. The number of likely N-dealkylation sites (N-methyl/N-ethyl adjacent to an activating group) is 1. The second kappa shape index (κ2) is 6.69. The second-order valence-corrected chi connectivity index (χ2v) is 2.38. The van der Waals surface area contributed by atoms with Crippen LogP contribution in [0.2, 0.25) is 0 Å². The fourth-order valence-electron chi connectivity index (χ4n) is 0.825. The molecule has 0 bridgehead atoms. The molecule has 74 valence electrons. The second-order valence-electron chi connectivity index (χ2n) is 2.38. The zero-order valence-electron chi connectivity index (χ0n) is 7.42. The number of para-hydroxylation sites is 1. The lowest BCUT2D eigenvalue weighted by atomic mass is 10.3. The molecule has 0 heterocycles. The molecule has 0 saturated carbocycles. The Morgan fingerprint density at radius 3 is 2.69 bits per heavy atom. The standard InChI is InChI=1S/C9H12FNO.ClH/c1-11-6-7-12-9-5-3-2-4-8(9)10;/h2-5,11H,6-7H2,1H3;1H. The van der Waals surface area contributed by atoms with Crippen molar-refractivity contribution in [3.63, 3.8) is 0 Å². The average Bonchev–Trinajstić information content (AvgIpc) is 2.09. The van der Waals surface area contributed by atoms with Gasteiger partial charge in [0, 0.05) is 6.54 Å². The van der Waals surface area contributed by atoms with Crippen LogP contribution in [-0.2, 0) is 0 Å². The van der Waals surface area contributed by atoms with Crippen molar-refractivity contribution in [1.82, 2.24) is 5.32 Å². The maximum absolute atomic E-state index is 12.9. The summed E-state index contributed by atoms with van der Waals surface area (Å²) < 4.78 is 18.0. The van der Waals surface area contributed by atoms with Crippen LogP contribution in [0.1, 0.15) is 0 Å². The molecule has 0 atom stereocenters. The highest BCUT2D eigenvalue weighted by Crippen LogP contribution is 2.14. The smallest absolute Gasteiger partial charge is 0.165 e. The fourth-order valence-corrected chi connectivity index (χ4v) is 0.825. The first-order valence-electron chi connectivity index (χ1n) is 3.86. The molecule has 0 saturated heterocycles. The Hall–Kier alpha value is -0.800. The van der Waals surface area contributed by atoms with Crippen LogP contribution in [0.25, 0.3) is 0 Å². The first kappa shape index (κ1) is 12.2. The molecular formula is C9H13ClFNO. The van der Waals surface area contributed by atoms with Crippen molar-refractivity contribution < 1.29 is 9.13 Å². The number of benzene rings is 1. The van der Waals surface area contributed by atoms with Crippen LogP contribution < -0.4 is 10.1 Å². The van der Waals surface area contributed by atoms with Crippen LogP contribution >= 0.6 is 12.4 Å². The lowest BCUT2D eigenvalue weighted by molar-refractivity contribution is 0.302. The van der Waals surface area contributed by atoms with Gasteiger partial charge in [-0.1, -0.05) is 12.1 Å². The van der Waals surface area contributed by atoms with Crippen LogP contribution in [0.3, 0.4) is 0 Å². The van der Waals surface area contributed by atoms with Gasteiger partial charge in [0.05, 0.1) is 0 Å². The minimum atomic E-state index is -0.311. The summed E-state index contributed by atoms with van der Waals surface area (Å²) in [6, 6.07) is 6.39. The number of hydrogen-bond acceptors (Lipinski definition) is 2. The summed E-state index contributed by atoms with van der Waals surface area (Å²) in [6.07, 6.45) is 0. The van der Waals surface area contributed by atoms with Gasteiger partial charge in [-0.3, -0.25) is 0 Å². The van der Waals surface area contributed by atoms with Crippen molar-refractivity contribution in [1.29, 1.82) is 0 Å². The van der Waals surface area contributed by atoms with Crippen molar-refractivity contribution in [3.8, 4) is 5.75 Å². The number of ether oxygens (including phenoxy) is 1. The van der Waals surface area contributed by atoms with Gasteiger partial charge in [-0.25, -0.2) is 4.39 Å². The van der Waals surface area contributed by atoms with E-state index in [0.29, 0.717) is 18.9 Å². The first-order chi connectivity index (χ1) is 5.84. The third kappa shape index (κ3) is 4.10. The van der Waals surface area contributed by atoms with Gasteiger partial charge >= 0.3 is 0 Å². The molecule has 1 aromatic carbocycles. The Kier molecular flexibility index (Phi) is 6.28. The topological polar surface area (TPSA) is 21.3 Å². The third-order valence-electron chi connectivity index (χ3n) is 1.45. The Labute approximate surface area is 83.5 Å². The van der Waals surface area contributed by atoms with E-state index >= 15 is 0 Å². The van der Waals surface area contributed by atoms with Crippen LogP contribution in [0.4, 0.5) is 4.39 Å². The van der Waals surface area contributed by atoms with Gasteiger partial charge in [0.25, 0.3) is 0 Å². The molecule has 0 unspecified atom stereocenters. The molecule has 0 aliphatic carbocycles. The van der Waals surface area contributed by atoms with Gasteiger partial charge in [-0.05, 0) is 19.2 Å². The van der Waals surface area contributed by atoms with Crippen LogP contribution in [0.5, 0.6) is 5.75 Å². The van der Waals surface area contributed by atoms with Crippen LogP contribution in [-0.4, -0.2) is 20.2 Å². The lowest BCUT2D eigenvalue weighted by Gasteiger charge is -2.05. The molecule has 1 rings (SSSR count). The highest BCUT2D eigenvalue weighted by Gasteiger charge is 1.99. The number of rotatable bonds is 4. The molecule has 0 aromatic heterocycles. The zero-order valence-corrected chi connectivity index (χ0v) is 8.23. The van der Waals surface area contributed by atoms with Crippen LogP contribution in [0, 0.1) is 5.82 Å². The number of hydrogen-bond donors (Lipinski definition) is 1. The lowest BCUT2D eigenvalue weighted by Crippen LogP contribution is -2.16. The molecule has 0 aliphatic heterocycles. The van der Waals surface area contributed by atoms with E-state index in [0.717, 1.165) is 0 Å². The summed E-state index contributed by atoms with van der Waals surface area (Å²) in [5.41, 5.74) is 0. The van der Waals surface area contributed by atoms with E-state index in [1.54, 1.807) is 18.2 Å². The van der Waals surface area contributed by atoms with E-state index in [1.165, 1.54) is 6.07 Å². The van der Waals surface area contributed by atoms with E-state index in [2.05, 4.69) is 5.32 Å². The summed E-state index contributed by atoms with van der Waals surface area (Å²) in [4.78, 5) is 0. The Balaban J connectivity index is 0.00000144. The molecular weight excluding hydrogens is 193 g/mol. The van der Waals surface area contributed by atoms with Gasteiger partial charge < -0.3 is 10.1 Å². The molecule has 0 spiro atoms. The summed E-state index contributed by atoms with van der Waals surface area (Å²) in [5.74, 6) is 0.00125. The molecule has 0 radical (unpaired) electrons. The Morgan fingerprint density at radius 1 is 1.38 bits per heavy atom. The van der Waals surface area contributed by atoms with E-state index in [4.69, 9.17) is 4.74 Å². The van der Waals surface area contributed by atoms with E-state index in [-0.39, 0.29) is 18.2 Å². The van der Waals surface area contributed by atoms with Gasteiger partial charge in [-0.15, -0.1) is 12.4 Å². The average molecular weight is 206 g/mol. The highest BCUT2D eigenvalue weighted by molar-refractivity contribution is 5.85. The van der Waals surface area contributed by atoms with Crippen molar-refractivity contribution in [3.05, 3.63) is 30.1 Å². The minimum absolute atomic E-state index is 0. The van der Waals surface area contributed by atoms with Crippen molar-refractivity contribution in [2.75, 3.05) is 20.2 Å². The van der Waals surface area contributed by atoms with E-state index < -0.39 is 0 Å².